The monoisotopic (exact) mass is 1210 g/mol. The summed E-state index contributed by atoms with van der Waals surface area (Å²) in [5, 5.41) is 0. The molecule has 6 nitrogen and oxygen atoms in total. The Kier molecular flexibility index (Phi) is 15.6. The summed E-state index contributed by atoms with van der Waals surface area (Å²) >= 11 is 0. The molecule has 0 N–H and O–H groups in total. The van der Waals surface area contributed by atoms with Crippen LogP contribution in [0.4, 0.5) is 79.0 Å². The van der Waals surface area contributed by atoms with Crippen LogP contribution >= 0.6 is 0 Å². The van der Waals surface area contributed by atoms with E-state index in [0.29, 0.717) is 33.8 Å². The van der Waals surface area contributed by atoms with Crippen molar-refractivity contribution in [3.05, 3.63) is 250 Å². The summed E-state index contributed by atoms with van der Waals surface area (Å²) in [6, 6.07) is 33.3. The first-order valence-corrected chi connectivity index (χ1v) is 25.2. The van der Waals surface area contributed by atoms with E-state index >= 15 is 17.6 Å². The fraction of sp³-hybridized carbons (Fsp3) is 0. The number of benzene rings is 10. The zero-order chi connectivity index (χ0) is 61.1. The summed E-state index contributed by atoms with van der Waals surface area (Å²) in [6.45, 7) is 0. The molecule has 0 saturated carbocycles. The van der Waals surface area contributed by atoms with Crippen molar-refractivity contribution in [1.82, 2.24) is 0 Å². The fourth-order valence-corrected chi connectivity index (χ4v) is 9.63. The highest BCUT2D eigenvalue weighted by Gasteiger charge is 2.37. The van der Waals surface area contributed by atoms with Gasteiger partial charge in [-0.05, 0) is 119 Å². The molecule has 0 saturated heterocycles. The number of sulfone groups is 1. The topological polar surface area (TPSA) is 71.1 Å². The second kappa shape index (κ2) is 22.7. The van der Waals surface area contributed by atoms with Gasteiger partial charge in [0.1, 0.15) is 34.5 Å². The van der Waals surface area contributed by atoms with Crippen molar-refractivity contribution in [1.29, 1.82) is 0 Å². The third kappa shape index (κ3) is 10.7. The normalized spacial score (nSPS) is 11.5. The van der Waals surface area contributed by atoms with Crippen LogP contribution in [0.5, 0.6) is 46.0 Å². The second-order valence-electron chi connectivity index (χ2n) is 17.8. The van der Waals surface area contributed by atoms with E-state index in [1.54, 1.807) is 24.3 Å². The number of rotatable bonds is 14. The summed E-state index contributed by atoms with van der Waals surface area (Å²) in [5.74, 6) is -49.4. The maximum absolute atomic E-state index is 15.0. The molecule has 0 aliphatic rings. The number of hydrogen-bond donors (Lipinski definition) is 0. The number of hydrogen-bond acceptors (Lipinski definition) is 6. The third-order valence-electron chi connectivity index (χ3n) is 12.6. The highest BCUT2D eigenvalue weighted by atomic mass is 32.2. The van der Waals surface area contributed by atoms with Crippen LogP contribution in [-0.2, 0) is 9.84 Å². The van der Waals surface area contributed by atoms with E-state index in [4.69, 9.17) is 18.9 Å². The van der Waals surface area contributed by atoms with Gasteiger partial charge < -0.3 is 18.9 Å². The minimum absolute atomic E-state index is 0.0964. The van der Waals surface area contributed by atoms with E-state index < -0.39 is 160 Å². The lowest BCUT2D eigenvalue weighted by molar-refractivity contribution is 0.363. The standard InChI is InChI=1S/C60H24F18O6S/c61-41-37(42(62)50(70)53(73)49(41)69)39-45(65)55(75)59(56(76)46(39)66)83-33-13-5-27(6-14-33)25-1-9-29(10-2-25)81-31-17-21-35(22-18-31)85(79,80)36-23-19-32(20-24-36)82-30-11-3-26(4-12-30)28-7-15-34(16-8-28)84-60-57(77)47(67)40(48(68)58(60)78)38-43(63)51(71)54(74)52(72)44(38)64/h1-24H. The molecule has 0 aliphatic heterocycles. The Bertz CT molecular complexity index is 4030. The molecule has 0 aromatic heterocycles. The largest absolute Gasteiger partial charge is 0.457 e. The lowest BCUT2D eigenvalue weighted by atomic mass is 10.0. The highest BCUT2D eigenvalue weighted by Crippen LogP contribution is 2.44. The van der Waals surface area contributed by atoms with Crippen LogP contribution in [0.25, 0.3) is 44.5 Å². The predicted molar refractivity (Wildman–Crippen MR) is 265 cm³/mol. The first-order valence-electron chi connectivity index (χ1n) is 23.7. The lowest BCUT2D eigenvalue weighted by Gasteiger charge is -2.15. The van der Waals surface area contributed by atoms with E-state index in [0.717, 1.165) is 24.3 Å². The molecule has 0 atom stereocenters. The fourth-order valence-electron chi connectivity index (χ4n) is 8.37. The van der Waals surface area contributed by atoms with Crippen molar-refractivity contribution in [2.45, 2.75) is 9.79 Å². The Morgan fingerprint density at radius 2 is 0.365 bits per heavy atom. The van der Waals surface area contributed by atoms with Crippen molar-refractivity contribution < 1.29 is 106 Å². The molecule has 0 radical (unpaired) electrons. The molecular weight excluding hydrogens is 1190 g/mol. The van der Waals surface area contributed by atoms with Crippen LogP contribution in [-0.4, -0.2) is 8.42 Å². The average molecular weight is 1210 g/mol. The van der Waals surface area contributed by atoms with Crippen molar-refractivity contribution in [3.8, 4) is 90.5 Å². The molecule has 0 heterocycles. The SMILES string of the molecule is O=S(=O)(c1ccc(Oc2ccc(-c3ccc(Oc4c(F)c(F)c(-c5c(F)c(F)c(F)c(F)c5F)c(F)c4F)cc3)cc2)cc1)c1ccc(Oc2ccc(-c3ccc(Oc4c(F)c(F)c(-c5c(F)c(F)c(F)c(F)c5F)c(F)c4F)cc3)cc2)cc1. The minimum Gasteiger partial charge on any atom is -0.457 e. The van der Waals surface area contributed by atoms with Gasteiger partial charge in [0.15, 0.2) is 69.8 Å². The van der Waals surface area contributed by atoms with Gasteiger partial charge in [-0.1, -0.05) is 48.5 Å². The third-order valence-corrected chi connectivity index (χ3v) is 14.4. The van der Waals surface area contributed by atoms with Crippen LogP contribution in [0.15, 0.2) is 155 Å². The van der Waals surface area contributed by atoms with Gasteiger partial charge in [0, 0.05) is 0 Å². The van der Waals surface area contributed by atoms with Gasteiger partial charge in [0.2, 0.25) is 56.2 Å². The van der Waals surface area contributed by atoms with Gasteiger partial charge >= 0.3 is 0 Å². The van der Waals surface area contributed by atoms with Crippen molar-refractivity contribution in [2.24, 2.45) is 0 Å². The van der Waals surface area contributed by atoms with E-state index in [1.165, 1.54) is 97.1 Å². The molecule has 10 aromatic carbocycles. The Morgan fingerprint density at radius 3 is 0.576 bits per heavy atom. The zero-order valence-electron chi connectivity index (χ0n) is 41.5. The molecule has 0 unspecified atom stereocenters. The van der Waals surface area contributed by atoms with Crippen LogP contribution in [0.2, 0.25) is 0 Å². The maximum atomic E-state index is 15.0. The zero-order valence-corrected chi connectivity index (χ0v) is 42.3. The molecule has 0 spiro atoms. The Balaban J connectivity index is 0.737. The molecule has 432 valence electrons. The van der Waals surface area contributed by atoms with Gasteiger partial charge in [-0.3, -0.25) is 0 Å². The Labute approximate surface area is 465 Å². The minimum atomic E-state index is -4.07. The molecule has 0 aliphatic carbocycles. The van der Waals surface area contributed by atoms with Crippen LogP contribution in [0.3, 0.4) is 0 Å². The first-order chi connectivity index (χ1) is 40.4. The summed E-state index contributed by atoms with van der Waals surface area (Å²) in [6.07, 6.45) is 0. The molecule has 85 heavy (non-hydrogen) atoms. The summed E-state index contributed by atoms with van der Waals surface area (Å²) in [7, 11) is -4.07. The maximum Gasteiger partial charge on any atom is 0.206 e. The number of ether oxygens (including phenoxy) is 4. The quantitative estimate of drug-likeness (QED) is 0.0614. The van der Waals surface area contributed by atoms with E-state index in [2.05, 4.69) is 0 Å². The summed E-state index contributed by atoms with van der Waals surface area (Å²) in [4.78, 5) is -0.193. The Hall–Kier alpha value is -9.91. The van der Waals surface area contributed by atoms with Crippen LogP contribution in [0, 0.1) is 105 Å². The number of halogens is 18. The molecular formula is C60H24F18O6S. The lowest BCUT2D eigenvalue weighted by Crippen LogP contribution is -2.09. The van der Waals surface area contributed by atoms with Crippen molar-refractivity contribution in [3.63, 3.8) is 0 Å². The molecule has 10 rings (SSSR count). The van der Waals surface area contributed by atoms with Crippen molar-refractivity contribution >= 4 is 9.84 Å². The van der Waals surface area contributed by atoms with E-state index in [-0.39, 0.29) is 21.3 Å². The smallest absolute Gasteiger partial charge is 0.206 e. The van der Waals surface area contributed by atoms with Gasteiger partial charge in [-0.15, -0.1) is 0 Å². The van der Waals surface area contributed by atoms with Crippen LogP contribution < -0.4 is 18.9 Å². The first kappa shape index (κ1) is 58.3. The van der Waals surface area contributed by atoms with E-state index in [9.17, 15) is 69.9 Å². The van der Waals surface area contributed by atoms with Gasteiger partial charge in [-0.2, -0.15) is 17.6 Å². The highest BCUT2D eigenvalue weighted by molar-refractivity contribution is 7.91. The van der Waals surface area contributed by atoms with Crippen molar-refractivity contribution in [2.75, 3.05) is 0 Å². The molecule has 25 heteroatoms. The van der Waals surface area contributed by atoms with Gasteiger partial charge in [0.25, 0.3) is 0 Å². The van der Waals surface area contributed by atoms with E-state index in [1.807, 2.05) is 0 Å². The molecule has 0 bridgehead atoms. The summed E-state index contributed by atoms with van der Waals surface area (Å²) in [5.41, 5.74) is -6.88. The molecule has 10 aromatic rings. The predicted octanol–water partition coefficient (Wildman–Crippen LogP) is 18.9. The summed E-state index contributed by atoms with van der Waals surface area (Å²) < 4.78 is 308. The van der Waals surface area contributed by atoms with Crippen LogP contribution in [0.1, 0.15) is 0 Å². The molecule has 0 fully saturated rings. The Morgan fingerprint density at radius 1 is 0.200 bits per heavy atom. The molecule has 0 amide bonds. The average Bonchev–Trinajstić information content (AvgIpc) is 1.41. The second-order valence-corrected chi connectivity index (χ2v) is 19.7. The van der Waals surface area contributed by atoms with Gasteiger partial charge in [0.05, 0.1) is 32.0 Å². The van der Waals surface area contributed by atoms with Gasteiger partial charge in [-0.25, -0.2) is 69.9 Å².